The molecule has 33 heavy (non-hydrogen) atoms. The number of hydrogen-bond acceptors (Lipinski definition) is 5. The molecule has 0 unspecified atom stereocenters. The van der Waals surface area contributed by atoms with Crippen LogP contribution in [0.2, 0.25) is 0 Å². The van der Waals surface area contributed by atoms with Gasteiger partial charge < -0.3 is 18.5 Å². The number of fused-ring (bicyclic) bond motifs is 1. The highest BCUT2D eigenvalue weighted by atomic mass is 16.5. The second-order valence-corrected chi connectivity index (χ2v) is 7.62. The lowest BCUT2D eigenvalue weighted by molar-refractivity contribution is 0.0717. The Kier molecular flexibility index (Phi) is 5.84. The summed E-state index contributed by atoms with van der Waals surface area (Å²) in [5.41, 5.74) is 3.16. The van der Waals surface area contributed by atoms with E-state index in [-0.39, 0.29) is 5.91 Å². The van der Waals surface area contributed by atoms with E-state index in [2.05, 4.69) is 9.97 Å². The average Bonchev–Trinajstić information content (AvgIpc) is 3.52. The standard InChI is InChI=1S/C26H22N4O3/c31-26(30(18-24-9-5-13-32-24)16-20-6-4-11-27-15-20)21-7-3-8-23(14-21)33-19-22-17-29-12-2-1-10-25(29)28-22/h1-15,17H,16,18-19H2. The molecule has 7 heteroatoms. The van der Waals surface area contributed by atoms with Gasteiger partial charge in [0, 0.05) is 36.9 Å². The van der Waals surface area contributed by atoms with Crippen LogP contribution in [0.5, 0.6) is 5.75 Å². The lowest BCUT2D eigenvalue weighted by Crippen LogP contribution is -2.30. The molecular formula is C26H22N4O3. The molecule has 0 spiro atoms. The number of furan rings is 1. The number of hydrogen-bond donors (Lipinski definition) is 0. The summed E-state index contributed by atoms with van der Waals surface area (Å²) in [4.78, 5) is 23.9. The molecule has 4 heterocycles. The number of amides is 1. The van der Waals surface area contributed by atoms with Crippen LogP contribution < -0.4 is 4.74 Å². The van der Waals surface area contributed by atoms with Crippen LogP contribution >= 0.6 is 0 Å². The summed E-state index contributed by atoms with van der Waals surface area (Å²) in [5.74, 6) is 1.21. The molecule has 0 atom stereocenters. The maximum Gasteiger partial charge on any atom is 0.254 e. The Balaban J connectivity index is 1.32. The van der Waals surface area contributed by atoms with Crippen LogP contribution in [0.25, 0.3) is 5.65 Å². The van der Waals surface area contributed by atoms with Gasteiger partial charge in [0.15, 0.2) is 0 Å². The van der Waals surface area contributed by atoms with Crippen molar-refractivity contribution in [1.82, 2.24) is 19.3 Å². The highest BCUT2D eigenvalue weighted by molar-refractivity contribution is 5.94. The molecule has 0 bridgehead atoms. The number of pyridine rings is 2. The Morgan fingerprint density at radius 3 is 2.82 bits per heavy atom. The van der Waals surface area contributed by atoms with Gasteiger partial charge in [-0.3, -0.25) is 9.78 Å². The number of rotatable bonds is 8. The molecule has 1 aromatic carbocycles. The molecule has 164 valence electrons. The van der Waals surface area contributed by atoms with Gasteiger partial charge in [-0.2, -0.15) is 0 Å². The van der Waals surface area contributed by atoms with E-state index in [1.165, 1.54) is 0 Å². The summed E-state index contributed by atoms with van der Waals surface area (Å²) in [6.45, 7) is 1.08. The predicted molar refractivity (Wildman–Crippen MR) is 122 cm³/mol. The van der Waals surface area contributed by atoms with Crippen LogP contribution in [-0.4, -0.2) is 25.2 Å². The van der Waals surface area contributed by atoms with Crippen molar-refractivity contribution in [1.29, 1.82) is 0 Å². The van der Waals surface area contributed by atoms with Gasteiger partial charge in [-0.1, -0.05) is 18.2 Å². The Hall–Kier alpha value is -4.39. The molecule has 0 saturated carbocycles. The first-order valence-corrected chi connectivity index (χ1v) is 10.6. The van der Waals surface area contributed by atoms with E-state index in [1.54, 1.807) is 35.7 Å². The van der Waals surface area contributed by atoms with E-state index in [4.69, 9.17) is 9.15 Å². The number of carbonyl (C=O) groups excluding carboxylic acids is 1. The monoisotopic (exact) mass is 438 g/mol. The van der Waals surface area contributed by atoms with Crippen LogP contribution in [0.1, 0.15) is 27.4 Å². The second-order valence-electron chi connectivity index (χ2n) is 7.62. The summed E-state index contributed by atoms with van der Waals surface area (Å²) in [5, 5.41) is 0. The van der Waals surface area contributed by atoms with Crippen molar-refractivity contribution in [3.8, 4) is 5.75 Å². The molecule has 0 aliphatic rings. The molecule has 5 rings (SSSR count). The van der Waals surface area contributed by atoms with E-state index >= 15 is 0 Å². The normalized spacial score (nSPS) is 10.9. The van der Waals surface area contributed by atoms with E-state index in [1.807, 2.05) is 71.4 Å². The van der Waals surface area contributed by atoms with Crippen LogP contribution in [0.4, 0.5) is 0 Å². The minimum Gasteiger partial charge on any atom is -0.487 e. The second kappa shape index (κ2) is 9.40. The zero-order chi connectivity index (χ0) is 22.5. The fourth-order valence-corrected chi connectivity index (χ4v) is 3.62. The summed E-state index contributed by atoms with van der Waals surface area (Å²) in [6.07, 6.45) is 8.96. The topological polar surface area (TPSA) is 72.9 Å². The van der Waals surface area contributed by atoms with Crippen molar-refractivity contribution in [3.05, 3.63) is 120 Å². The fraction of sp³-hybridized carbons (Fsp3) is 0.115. The van der Waals surface area contributed by atoms with Crippen molar-refractivity contribution >= 4 is 11.6 Å². The third kappa shape index (κ3) is 4.93. The van der Waals surface area contributed by atoms with Crippen LogP contribution in [0.3, 0.4) is 0 Å². The van der Waals surface area contributed by atoms with Crippen LogP contribution in [0.15, 0.2) is 102 Å². The first-order chi connectivity index (χ1) is 16.2. The molecule has 0 saturated heterocycles. The fourth-order valence-electron chi connectivity index (χ4n) is 3.62. The van der Waals surface area contributed by atoms with Gasteiger partial charge in [0.2, 0.25) is 0 Å². The van der Waals surface area contributed by atoms with Crippen molar-refractivity contribution in [2.24, 2.45) is 0 Å². The van der Waals surface area contributed by atoms with Crippen molar-refractivity contribution in [3.63, 3.8) is 0 Å². The van der Waals surface area contributed by atoms with Gasteiger partial charge in [0.25, 0.3) is 5.91 Å². The molecule has 0 aliphatic heterocycles. The zero-order valence-corrected chi connectivity index (χ0v) is 17.9. The largest absolute Gasteiger partial charge is 0.487 e. The summed E-state index contributed by atoms with van der Waals surface area (Å²) < 4.78 is 13.4. The average molecular weight is 438 g/mol. The minimum atomic E-state index is -0.117. The number of aromatic nitrogens is 3. The molecule has 0 radical (unpaired) electrons. The predicted octanol–water partition coefficient (Wildman–Crippen LogP) is 4.74. The highest BCUT2D eigenvalue weighted by Gasteiger charge is 2.19. The molecule has 7 nitrogen and oxygen atoms in total. The van der Waals surface area contributed by atoms with Crippen molar-refractivity contribution in [2.75, 3.05) is 0 Å². The molecule has 1 amide bonds. The van der Waals surface area contributed by atoms with E-state index < -0.39 is 0 Å². The maximum atomic E-state index is 13.4. The summed E-state index contributed by atoms with van der Waals surface area (Å²) in [7, 11) is 0. The lowest BCUT2D eigenvalue weighted by Gasteiger charge is -2.22. The smallest absolute Gasteiger partial charge is 0.254 e. The van der Waals surface area contributed by atoms with E-state index in [0.29, 0.717) is 36.8 Å². The molecule has 4 aromatic heterocycles. The van der Waals surface area contributed by atoms with Gasteiger partial charge in [-0.25, -0.2) is 4.98 Å². The third-order valence-corrected chi connectivity index (χ3v) is 5.19. The molecule has 5 aromatic rings. The number of ether oxygens (including phenoxy) is 1. The minimum absolute atomic E-state index is 0.117. The molecule has 0 fully saturated rings. The third-order valence-electron chi connectivity index (χ3n) is 5.19. The van der Waals surface area contributed by atoms with Crippen molar-refractivity contribution in [2.45, 2.75) is 19.7 Å². The van der Waals surface area contributed by atoms with Crippen LogP contribution in [0, 0.1) is 0 Å². The summed E-state index contributed by atoms with van der Waals surface area (Å²) in [6, 6.07) is 20.5. The number of imidazole rings is 1. The Morgan fingerprint density at radius 2 is 2.00 bits per heavy atom. The van der Waals surface area contributed by atoms with Crippen LogP contribution in [-0.2, 0) is 19.7 Å². The summed E-state index contributed by atoms with van der Waals surface area (Å²) >= 11 is 0. The molecule has 0 aliphatic carbocycles. The first-order valence-electron chi connectivity index (χ1n) is 10.6. The first kappa shape index (κ1) is 20.5. The van der Waals surface area contributed by atoms with Gasteiger partial charge in [-0.05, 0) is 54.1 Å². The number of carbonyl (C=O) groups is 1. The van der Waals surface area contributed by atoms with Gasteiger partial charge in [0.05, 0.1) is 18.5 Å². The Labute approximate surface area is 190 Å². The molecule has 0 N–H and O–H groups in total. The van der Waals surface area contributed by atoms with E-state index in [0.717, 1.165) is 16.9 Å². The Morgan fingerprint density at radius 1 is 1.03 bits per heavy atom. The zero-order valence-electron chi connectivity index (χ0n) is 17.9. The number of nitrogens with zero attached hydrogens (tertiary/aromatic N) is 4. The van der Waals surface area contributed by atoms with Gasteiger partial charge in [0.1, 0.15) is 23.8 Å². The highest BCUT2D eigenvalue weighted by Crippen LogP contribution is 2.19. The maximum absolute atomic E-state index is 13.4. The Bertz CT molecular complexity index is 1310. The van der Waals surface area contributed by atoms with Gasteiger partial charge >= 0.3 is 0 Å². The number of benzene rings is 1. The lowest BCUT2D eigenvalue weighted by atomic mass is 10.1. The van der Waals surface area contributed by atoms with Crippen molar-refractivity contribution < 1.29 is 13.9 Å². The SMILES string of the molecule is O=C(c1cccc(OCc2cn3ccccc3n2)c1)N(Cc1cccnc1)Cc1ccco1. The van der Waals surface area contributed by atoms with Gasteiger partial charge in [-0.15, -0.1) is 0 Å². The quantitative estimate of drug-likeness (QED) is 0.350. The van der Waals surface area contributed by atoms with E-state index in [9.17, 15) is 4.79 Å². The molecular weight excluding hydrogens is 416 g/mol.